The van der Waals surface area contributed by atoms with E-state index in [0.717, 1.165) is 31.2 Å². The quantitative estimate of drug-likeness (QED) is 0.0532. The second-order valence-electron chi connectivity index (χ2n) is 15.8. The Labute approximate surface area is 370 Å². The molecule has 0 aliphatic heterocycles. The molecule has 0 aliphatic carbocycles. The summed E-state index contributed by atoms with van der Waals surface area (Å²) in [7, 11) is -4.31. The van der Waals surface area contributed by atoms with E-state index in [1.54, 1.807) is 67.7 Å². The molecule has 0 radical (unpaired) electrons. The third kappa shape index (κ3) is 12.7. The highest BCUT2D eigenvalue weighted by Gasteiger charge is 2.32. The normalized spacial score (nSPS) is 12.2. The maximum Gasteiger partial charge on any atom is 0.265 e. The van der Waals surface area contributed by atoms with Crippen molar-refractivity contribution in [2.24, 2.45) is 0 Å². The van der Waals surface area contributed by atoms with Crippen LogP contribution in [0.25, 0.3) is 34.2 Å². The first-order chi connectivity index (χ1) is 30.7. The molecule has 4 aromatic carbocycles. The van der Waals surface area contributed by atoms with Gasteiger partial charge in [0, 0.05) is 12.6 Å². The van der Waals surface area contributed by atoms with Crippen LogP contribution < -0.4 is 20.3 Å². The van der Waals surface area contributed by atoms with E-state index in [9.17, 15) is 18.0 Å². The highest BCUT2D eigenvalue weighted by Crippen LogP contribution is 2.31. The van der Waals surface area contributed by atoms with Crippen LogP contribution in [0.2, 0.25) is 0 Å². The molecular formula is C49H59N7O6S. The Kier molecular flexibility index (Phi) is 17.2. The lowest BCUT2D eigenvalue weighted by Crippen LogP contribution is -2.34. The van der Waals surface area contributed by atoms with Gasteiger partial charge in [0.1, 0.15) is 11.3 Å². The second kappa shape index (κ2) is 23.3. The van der Waals surface area contributed by atoms with Crippen molar-refractivity contribution in [3.8, 4) is 5.75 Å². The number of fused-ring (bicyclic) bond motifs is 2. The molecule has 0 fully saturated rings. The van der Waals surface area contributed by atoms with Crippen molar-refractivity contribution in [3.63, 3.8) is 0 Å². The minimum atomic E-state index is -4.31. The van der Waals surface area contributed by atoms with Gasteiger partial charge in [-0.05, 0) is 60.5 Å². The fourth-order valence-corrected chi connectivity index (χ4v) is 8.58. The number of hydrogen-bond donors (Lipinski definition) is 2. The van der Waals surface area contributed by atoms with Crippen LogP contribution in [0.5, 0.6) is 5.75 Å². The molecule has 2 N–H and O–H groups in total. The highest BCUT2D eigenvalue weighted by molar-refractivity contribution is 7.90. The van der Waals surface area contributed by atoms with Crippen molar-refractivity contribution in [2.45, 2.75) is 121 Å². The number of benzene rings is 4. The van der Waals surface area contributed by atoms with Crippen LogP contribution in [0, 0.1) is 0 Å². The van der Waals surface area contributed by atoms with E-state index in [1.165, 1.54) is 91.7 Å². The number of rotatable bonds is 25. The van der Waals surface area contributed by atoms with Crippen LogP contribution in [0.15, 0.2) is 107 Å². The molecule has 14 heteroatoms. The van der Waals surface area contributed by atoms with E-state index in [1.807, 2.05) is 30.3 Å². The van der Waals surface area contributed by atoms with Crippen LogP contribution in [-0.4, -0.2) is 51.4 Å². The van der Waals surface area contributed by atoms with Gasteiger partial charge < -0.3 is 10.1 Å². The summed E-state index contributed by atoms with van der Waals surface area (Å²) in [5.74, 6) is -1.12. The predicted octanol–water partition coefficient (Wildman–Crippen LogP) is 10.1. The zero-order valence-corrected chi connectivity index (χ0v) is 37.2. The Morgan fingerprint density at radius 3 is 2.05 bits per heavy atom. The Morgan fingerprint density at radius 1 is 0.746 bits per heavy atom. The number of carbonyl (C=O) groups is 2. The van der Waals surface area contributed by atoms with Crippen molar-refractivity contribution in [3.05, 3.63) is 119 Å². The fraction of sp³-hybridized carbons (Fsp3) is 0.388. The van der Waals surface area contributed by atoms with Gasteiger partial charge in [0.05, 0.1) is 33.6 Å². The van der Waals surface area contributed by atoms with Gasteiger partial charge >= 0.3 is 0 Å². The Morgan fingerprint density at radius 2 is 1.37 bits per heavy atom. The van der Waals surface area contributed by atoms with Crippen LogP contribution in [0.1, 0.15) is 128 Å². The Balaban J connectivity index is 1.27. The lowest BCUT2D eigenvalue weighted by molar-refractivity contribution is -0.119. The maximum atomic E-state index is 15.0. The van der Waals surface area contributed by atoms with E-state index < -0.39 is 33.4 Å². The summed E-state index contributed by atoms with van der Waals surface area (Å²) in [6.45, 7) is 4.12. The van der Waals surface area contributed by atoms with Gasteiger partial charge in [0.15, 0.2) is 11.9 Å². The number of carbonyl (C=O) groups excluding carboxylic acids is 2. The first-order valence-electron chi connectivity index (χ1n) is 22.4. The van der Waals surface area contributed by atoms with Gasteiger partial charge in [0.25, 0.3) is 21.5 Å². The number of sulfonamides is 1. The minimum Gasteiger partial charge on any atom is -0.491 e. The molecule has 332 valence electrons. The van der Waals surface area contributed by atoms with Crippen molar-refractivity contribution in [1.82, 2.24) is 29.3 Å². The molecule has 0 saturated heterocycles. The number of aromatic nitrogens is 5. The molecule has 1 unspecified atom stereocenters. The molecule has 6 aromatic rings. The number of ether oxygens (including phenoxy) is 1. The molecule has 1 atom stereocenters. The minimum absolute atomic E-state index is 0.0305. The van der Waals surface area contributed by atoms with Gasteiger partial charge in [-0.25, -0.2) is 22.8 Å². The van der Waals surface area contributed by atoms with Gasteiger partial charge in [0.2, 0.25) is 5.91 Å². The smallest absolute Gasteiger partial charge is 0.265 e. The largest absolute Gasteiger partial charge is 0.491 e. The molecule has 0 saturated carbocycles. The molecule has 6 rings (SSSR count). The topological polar surface area (TPSA) is 167 Å². The van der Waals surface area contributed by atoms with Crippen molar-refractivity contribution >= 4 is 61.7 Å². The fourth-order valence-electron chi connectivity index (χ4n) is 7.50. The number of anilines is 1. The van der Waals surface area contributed by atoms with Crippen molar-refractivity contribution in [2.75, 3.05) is 11.9 Å². The Hall–Kier alpha value is -6.15. The molecule has 2 amide bonds. The molecule has 2 aromatic heterocycles. The lowest BCUT2D eigenvalue weighted by atomic mass is 10.0. The van der Waals surface area contributed by atoms with Gasteiger partial charge in [-0.1, -0.05) is 157 Å². The third-order valence-electron chi connectivity index (χ3n) is 11.0. The summed E-state index contributed by atoms with van der Waals surface area (Å²) >= 11 is 0. The highest BCUT2D eigenvalue weighted by atomic mass is 32.2. The van der Waals surface area contributed by atoms with Crippen LogP contribution >= 0.6 is 0 Å². The standard InChI is InChI=1S/C49H59N7O6S/c1-3-5-6-7-8-9-10-11-12-13-14-15-16-24-35-62-44-32-31-38(63(60,61)53-45(57)4-2)36-42(44)51-48(58)46(56-43-30-23-22-29-41(43)52-54-56)47-50-40-28-21-20-27-39(40)49(59)55(47)34-33-37-25-18-17-19-26-37/h17-23,25-34,36,46H,3-16,24,35H2,1-2H3,(H,51,58)(H,53,57). The summed E-state index contributed by atoms with van der Waals surface area (Å²) in [5.41, 5.74) is 1.79. The van der Waals surface area contributed by atoms with E-state index in [2.05, 4.69) is 27.3 Å². The number of nitrogens with one attached hydrogen (secondary N) is 2. The number of para-hydroxylation sites is 2. The van der Waals surface area contributed by atoms with E-state index in [4.69, 9.17) is 9.72 Å². The molecule has 13 nitrogen and oxygen atoms in total. The zero-order chi connectivity index (χ0) is 44.4. The average Bonchev–Trinajstić information content (AvgIpc) is 3.71. The average molecular weight is 874 g/mol. The van der Waals surface area contributed by atoms with E-state index in [-0.39, 0.29) is 28.6 Å². The second-order valence-corrected chi connectivity index (χ2v) is 17.5. The molecule has 0 aliphatic rings. The van der Waals surface area contributed by atoms with Gasteiger partial charge in [-0.2, -0.15) is 0 Å². The van der Waals surface area contributed by atoms with Crippen molar-refractivity contribution in [1.29, 1.82) is 0 Å². The molecular weight excluding hydrogens is 815 g/mol. The summed E-state index contributed by atoms with van der Waals surface area (Å²) in [4.78, 5) is 46.2. The van der Waals surface area contributed by atoms with Crippen LogP contribution in [0.4, 0.5) is 5.69 Å². The third-order valence-corrected chi connectivity index (χ3v) is 12.4. The molecule has 2 heterocycles. The van der Waals surface area contributed by atoms with Gasteiger partial charge in [-0.3, -0.25) is 19.0 Å². The molecule has 0 spiro atoms. The van der Waals surface area contributed by atoms with E-state index in [0.29, 0.717) is 28.5 Å². The Bertz CT molecular complexity index is 2640. The summed E-state index contributed by atoms with van der Waals surface area (Å²) in [6, 6.07) is 26.0. The maximum absolute atomic E-state index is 15.0. The predicted molar refractivity (Wildman–Crippen MR) is 250 cm³/mol. The van der Waals surface area contributed by atoms with Crippen LogP contribution in [-0.2, 0) is 19.6 Å². The lowest BCUT2D eigenvalue weighted by Gasteiger charge is -2.21. The molecule has 0 bridgehead atoms. The first-order valence-corrected chi connectivity index (χ1v) is 23.9. The number of hydrogen-bond acceptors (Lipinski definition) is 9. The summed E-state index contributed by atoms with van der Waals surface area (Å²) in [6.07, 6.45) is 20.3. The van der Waals surface area contributed by atoms with Crippen LogP contribution in [0.3, 0.4) is 0 Å². The summed E-state index contributed by atoms with van der Waals surface area (Å²) < 4.78 is 37.8. The summed E-state index contributed by atoms with van der Waals surface area (Å²) in [5, 5.41) is 12.0. The molecule has 63 heavy (non-hydrogen) atoms. The van der Waals surface area contributed by atoms with Gasteiger partial charge in [-0.15, -0.1) is 5.10 Å². The van der Waals surface area contributed by atoms with E-state index >= 15 is 4.79 Å². The number of nitrogens with zero attached hydrogens (tertiary/aromatic N) is 5. The number of unbranched alkanes of at least 4 members (excludes halogenated alkanes) is 13. The monoisotopic (exact) mass is 873 g/mol. The first kappa shape index (κ1) is 46.4. The number of amides is 2. The van der Waals surface area contributed by atoms with Crippen molar-refractivity contribution < 1.29 is 22.7 Å². The zero-order valence-electron chi connectivity index (χ0n) is 36.4. The SMILES string of the molecule is CCCCCCCCCCCCCCCCOc1ccc(S(=O)(=O)NC(=O)CC)cc1NC(=O)C(c1nc2ccccc2c(=O)n1C=Cc1ccccc1)n1nnc2ccccc21.